The number of carbonyl (C=O) groups is 1. The van der Waals surface area contributed by atoms with E-state index in [9.17, 15) is 13.2 Å². The summed E-state index contributed by atoms with van der Waals surface area (Å²) in [5.74, 6) is -0.935. The van der Waals surface area contributed by atoms with E-state index in [0.717, 1.165) is 13.5 Å². The molecule has 0 aliphatic rings. The van der Waals surface area contributed by atoms with Crippen LogP contribution in [0.4, 0.5) is 0 Å². The molecule has 116 valence electrons. The Morgan fingerprint density at radius 1 is 1.47 bits per heavy atom. The predicted molar refractivity (Wildman–Crippen MR) is 73.0 cm³/mol. The molecule has 0 amide bonds. The maximum absolute atomic E-state index is 9.60. The molecule has 0 aliphatic carbocycles. The highest BCUT2D eigenvalue weighted by molar-refractivity contribution is 7.80. The Kier molecular flexibility index (Phi) is 14.7. The fourth-order valence-electron chi connectivity index (χ4n) is 0.365. The molecule has 0 fully saturated rings. The van der Waals surface area contributed by atoms with Crippen LogP contribution in [0.25, 0.3) is 0 Å². The highest BCUT2D eigenvalue weighted by Crippen LogP contribution is 1.86. The Morgan fingerprint density at radius 2 is 1.74 bits per heavy atom. The van der Waals surface area contributed by atoms with Gasteiger partial charge in [0.2, 0.25) is 0 Å². The van der Waals surface area contributed by atoms with Crippen molar-refractivity contribution < 1.29 is 27.1 Å². The summed E-state index contributed by atoms with van der Waals surface area (Å²) >= 11 is 0. The zero-order chi connectivity index (χ0) is 16.2. The van der Waals surface area contributed by atoms with Gasteiger partial charge in [-0.15, -0.1) is 0 Å². The lowest BCUT2D eigenvalue weighted by molar-refractivity contribution is -0.132. The highest BCUT2D eigenvalue weighted by Gasteiger charge is 1.97. The lowest BCUT2D eigenvalue weighted by Gasteiger charge is -2.16. The Labute approximate surface area is 114 Å². The fourth-order valence-corrected chi connectivity index (χ4v) is 0.365. The van der Waals surface area contributed by atoms with Crippen LogP contribution in [-0.2, 0) is 19.4 Å². The first-order valence-corrected chi connectivity index (χ1v) is 6.59. The molecule has 0 rings (SSSR count). The van der Waals surface area contributed by atoms with Crippen LogP contribution in [0, 0.1) is 0 Å². The van der Waals surface area contributed by atoms with E-state index in [-0.39, 0.29) is 11.7 Å². The molecular weight excluding hydrogens is 276 g/mol. The topological polar surface area (TPSA) is 130 Å². The van der Waals surface area contributed by atoms with Crippen LogP contribution >= 0.6 is 0 Å². The van der Waals surface area contributed by atoms with Gasteiger partial charge >= 0.3 is 16.4 Å². The molecule has 0 bridgehead atoms. The number of carboxylic acid groups (broad SMARTS) is 1. The van der Waals surface area contributed by atoms with E-state index in [1.165, 1.54) is 6.92 Å². The summed E-state index contributed by atoms with van der Waals surface area (Å²) in [5.41, 5.74) is 5.72. The van der Waals surface area contributed by atoms with Gasteiger partial charge in [-0.05, 0) is 27.4 Å². The van der Waals surface area contributed by atoms with E-state index in [0.29, 0.717) is 0 Å². The molecule has 0 saturated carbocycles. The minimum atomic E-state index is -4.16. The molecule has 9 heteroatoms. The monoisotopic (exact) mass is 300 g/mol. The van der Waals surface area contributed by atoms with Crippen molar-refractivity contribution in [3.05, 3.63) is 12.2 Å². The van der Waals surface area contributed by atoms with Gasteiger partial charge in [0.1, 0.15) is 0 Å². The van der Waals surface area contributed by atoms with Crippen molar-refractivity contribution in [1.82, 2.24) is 4.90 Å². The van der Waals surface area contributed by atoms with Crippen molar-refractivity contribution in [1.29, 1.82) is 0 Å². The van der Waals surface area contributed by atoms with Crippen LogP contribution in [0.15, 0.2) is 12.2 Å². The number of hydrogen-bond acceptors (Lipinski definition) is 6. The summed E-state index contributed by atoms with van der Waals surface area (Å²) < 4.78 is 29.7. The lowest BCUT2D eigenvalue weighted by atomic mass is 10.4. The van der Waals surface area contributed by atoms with Crippen LogP contribution in [0.3, 0.4) is 0 Å². The fraction of sp³-hybridized carbons (Fsp3) is 0.700. The van der Waals surface area contributed by atoms with Gasteiger partial charge in [0.25, 0.3) is 0 Å². The molecule has 0 heterocycles. The van der Waals surface area contributed by atoms with Crippen molar-refractivity contribution >= 4 is 16.4 Å². The third-order valence-electron chi connectivity index (χ3n) is 1.66. The molecule has 0 aromatic rings. The average Bonchev–Trinajstić information content (AvgIpc) is 2.28. The van der Waals surface area contributed by atoms with Gasteiger partial charge in [0.15, 0.2) is 0 Å². The van der Waals surface area contributed by atoms with Crippen molar-refractivity contribution in [3.63, 3.8) is 0 Å². The predicted octanol–water partition coefficient (Wildman–Crippen LogP) is 0.326. The summed E-state index contributed by atoms with van der Waals surface area (Å²) in [6.07, 6.45) is 1.26. The number of aliphatic carboxylic acids is 1. The molecule has 0 aromatic carbocycles. The zero-order valence-corrected chi connectivity index (χ0v) is 12.8. The normalized spacial score (nSPS) is 11.6. The van der Waals surface area contributed by atoms with Crippen molar-refractivity contribution in [2.45, 2.75) is 26.4 Å². The molecule has 0 aromatic heterocycles. The largest absolute Gasteiger partial charge is 0.478 e. The van der Waals surface area contributed by atoms with Crippen molar-refractivity contribution in [2.75, 3.05) is 21.2 Å². The van der Waals surface area contributed by atoms with Crippen LogP contribution in [0.2, 0.25) is 0 Å². The van der Waals surface area contributed by atoms with Crippen molar-refractivity contribution in [3.8, 4) is 0 Å². The van der Waals surface area contributed by atoms with Crippen LogP contribution in [0.1, 0.15) is 20.3 Å². The van der Waals surface area contributed by atoms with Gasteiger partial charge in [-0.2, -0.15) is 8.42 Å². The zero-order valence-electron chi connectivity index (χ0n) is 12.0. The second-order valence-corrected chi connectivity index (χ2v) is 4.81. The van der Waals surface area contributed by atoms with E-state index in [1.54, 1.807) is 0 Å². The first-order valence-electron chi connectivity index (χ1n) is 5.22. The number of nitrogens with zero attached hydrogens (tertiary/aromatic N) is 1. The first kappa shape index (κ1) is 23.1. The molecule has 0 saturated heterocycles. The summed E-state index contributed by atoms with van der Waals surface area (Å²) in [6.45, 7) is 6.68. The van der Waals surface area contributed by atoms with E-state index in [1.807, 2.05) is 19.0 Å². The third-order valence-corrected chi connectivity index (χ3v) is 2.08. The molecule has 1 unspecified atom stereocenters. The Bertz CT molecular complexity index is 341. The van der Waals surface area contributed by atoms with Crippen LogP contribution in [0.5, 0.6) is 0 Å². The SMILES string of the molecule is C=C(C)C(=O)O.CCC(N)N(C)C.COS(=O)(=O)O. The Hall–Kier alpha value is -1.00. The molecule has 0 aliphatic heterocycles. The number of hydrogen-bond donors (Lipinski definition) is 3. The minimum absolute atomic E-state index is 0.176. The summed E-state index contributed by atoms with van der Waals surface area (Å²) in [5, 5.41) is 7.89. The minimum Gasteiger partial charge on any atom is -0.478 e. The lowest BCUT2D eigenvalue weighted by Crippen LogP contribution is -2.35. The molecule has 0 radical (unpaired) electrons. The molecular formula is C10H24N2O6S. The maximum atomic E-state index is 9.60. The number of nitrogens with two attached hydrogens (primary N) is 1. The second-order valence-electron chi connectivity index (χ2n) is 3.62. The van der Waals surface area contributed by atoms with Gasteiger partial charge in [-0.3, -0.25) is 13.6 Å². The van der Waals surface area contributed by atoms with E-state index in [4.69, 9.17) is 15.4 Å². The smallest absolute Gasteiger partial charge is 0.397 e. The van der Waals surface area contributed by atoms with Crippen molar-refractivity contribution in [2.24, 2.45) is 5.73 Å². The number of rotatable bonds is 4. The van der Waals surface area contributed by atoms with E-state index < -0.39 is 16.4 Å². The van der Waals surface area contributed by atoms with Gasteiger partial charge in [-0.25, -0.2) is 4.79 Å². The third kappa shape index (κ3) is 26.6. The molecule has 8 nitrogen and oxygen atoms in total. The summed E-state index contributed by atoms with van der Waals surface area (Å²) in [6, 6.07) is 0. The standard InChI is InChI=1S/C5H14N2.C4H6O2.CH4O4S/c1-4-5(6)7(2)3;1-3(2)4(5)6;1-5-6(2,3)4/h5H,4,6H2,1-3H3;1H2,2H3,(H,5,6);1H3,(H,2,3,4). The van der Waals surface area contributed by atoms with Gasteiger partial charge in [0, 0.05) is 5.57 Å². The highest BCUT2D eigenvalue weighted by atomic mass is 32.3. The summed E-state index contributed by atoms with van der Waals surface area (Å²) in [4.78, 5) is 11.6. The van der Waals surface area contributed by atoms with E-state index >= 15 is 0 Å². The van der Waals surface area contributed by atoms with Gasteiger partial charge in [0.05, 0.1) is 13.3 Å². The second kappa shape index (κ2) is 12.1. The van der Waals surface area contributed by atoms with Gasteiger partial charge < -0.3 is 10.8 Å². The quantitative estimate of drug-likeness (QED) is 0.384. The average molecular weight is 300 g/mol. The molecule has 0 spiro atoms. The summed E-state index contributed by atoms with van der Waals surface area (Å²) in [7, 11) is 0.669. The van der Waals surface area contributed by atoms with Crippen LogP contribution in [-0.4, -0.2) is 56.3 Å². The molecule has 19 heavy (non-hydrogen) atoms. The molecule has 1 atom stereocenters. The van der Waals surface area contributed by atoms with E-state index in [2.05, 4.69) is 17.7 Å². The first-order chi connectivity index (χ1) is 8.38. The number of carboxylic acids is 1. The Morgan fingerprint density at radius 3 is 1.74 bits per heavy atom. The Balaban J connectivity index is -0.000000203. The maximum Gasteiger partial charge on any atom is 0.397 e. The van der Waals surface area contributed by atoms with Gasteiger partial charge in [-0.1, -0.05) is 13.5 Å². The van der Waals surface area contributed by atoms with Crippen LogP contribution < -0.4 is 5.73 Å². The molecule has 4 N–H and O–H groups in total.